The second-order valence-corrected chi connectivity index (χ2v) is 18.5. The Balaban J connectivity index is 1.64. The smallest absolute Gasteiger partial charge is 0.270 e. The Morgan fingerprint density at radius 1 is 0.365 bits per heavy atom. The number of nitro benzene ring substituents is 4. The standard InChI is InChI=1S/C54H70N4O16/c1-3-5-7-9-11-13-15-71-51-39-27-43-35-49(57(63)64)37-45-29-41-33-48(56(61)62)34-42(52(41)72-16-14-12-10-8-6-4-2)30-46-38-50(58(65)66)36-44(28-40(51)32-47(31-39)55(59)60)54(46)74-26-24-70-22-20-68-18-17-67-19-21-69-23-25-73-53(43)45/h31-38H,3-30H2,1-2H3. The summed E-state index contributed by atoms with van der Waals surface area (Å²) in [7, 11) is 0. The van der Waals surface area contributed by atoms with Gasteiger partial charge in [0.2, 0.25) is 0 Å². The van der Waals surface area contributed by atoms with Crippen molar-refractivity contribution in [3.8, 4) is 23.0 Å². The molecule has 0 atom stereocenters. The lowest BCUT2D eigenvalue weighted by Crippen LogP contribution is -2.15. The van der Waals surface area contributed by atoms with Crippen LogP contribution in [0.15, 0.2) is 48.5 Å². The molecule has 402 valence electrons. The molecule has 0 fully saturated rings. The number of nitrogens with zero attached hydrogens (tertiary/aromatic N) is 4. The molecule has 2 aliphatic rings. The normalized spacial score (nSPS) is 14.8. The number of ether oxygens (including phenoxy) is 8. The van der Waals surface area contributed by atoms with E-state index in [0.717, 1.165) is 64.2 Å². The van der Waals surface area contributed by atoms with Crippen LogP contribution in [-0.2, 0) is 44.6 Å². The predicted molar refractivity (Wildman–Crippen MR) is 276 cm³/mol. The van der Waals surface area contributed by atoms with Crippen molar-refractivity contribution in [2.75, 3.05) is 79.3 Å². The molecule has 6 rings (SSSR count). The second-order valence-electron chi connectivity index (χ2n) is 18.5. The number of hydrogen-bond acceptors (Lipinski definition) is 16. The number of hydrogen-bond donors (Lipinski definition) is 0. The van der Waals surface area contributed by atoms with Crippen molar-refractivity contribution in [3.63, 3.8) is 0 Å². The van der Waals surface area contributed by atoms with Crippen LogP contribution in [0.3, 0.4) is 0 Å². The largest absolute Gasteiger partial charge is 0.493 e. The van der Waals surface area contributed by atoms with Gasteiger partial charge in [0.15, 0.2) is 0 Å². The van der Waals surface area contributed by atoms with E-state index in [1.807, 2.05) is 0 Å². The summed E-state index contributed by atoms with van der Waals surface area (Å²) in [4.78, 5) is 49.3. The first-order chi connectivity index (χ1) is 36.0. The minimum absolute atomic E-state index is 0.0275. The highest BCUT2D eigenvalue weighted by molar-refractivity contribution is 5.62. The minimum Gasteiger partial charge on any atom is -0.493 e. The van der Waals surface area contributed by atoms with Gasteiger partial charge in [-0.1, -0.05) is 78.1 Å². The zero-order chi connectivity index (χ0) is 52.7. The van der Waals surface area contributed by atoms with Gasteiger partial charge >= 0.3 is 0 Å². The van der Waals surface area contributed by atoms with Crippen LogP contribution in [0.1, 0.15) is 135 Å². The average Bonchev–Trinajstić information content (AvgIpc) is 3.36. The van der Waals surface area contributed by atoms with E-state index >= 15 is 0 Å². The van der Waals surface area contributed by atoms with Crippen molar-refractivity contribution in [2.24, 2.45) is 0 Å². The summed E-state index contributed by atoms with van der Waals surface area (Å²) >= 11 is 0. The number of benzene rings is 4. The fourth-order valence-electron chi connectivity index (χ4n) is 9.26. The first kappa shape index (κ1) is 56.8. The van der Waals surface area contributed by atoms with E-state index in [0.29, 0.717) is 48.3 Å². The number of nitro groups is 4. The number of fused-ring (bicyclic) bond motifs is 2. The molecule has 0 radical (unpaired) electrons. The van der Waals surface area contributed by atoms with E-state index in [1.54, 1.807) is 0 Å². The van der Waals surface area contributed by atoms with Gasteiger partial charge in [0, 0.05) is 119 Å². The monoisotopic (exact) mass is 1030 g/mol. The van der Waals surface area contributed by atoms with Crippen LogP contribution >= 0.6 is 0 Å². The van der Waals surface area contributed by atoms with Crippen LogP contribution in [0, 0.1) is 40.5 Å². The van der Waals surface area contributed by atoms with E-state index < -0.39 is 19.7 Å². The zero-order valence-corrected chi connectivity index (χ0v) is 42.7. The third-order valence-electron chi connectivity index (χ3n) is 12.8. The lowest BCUT2D eigenvalue weighted by atomic mass is 9.90. The van der Waals surface area contributed by atoms with Gasteiger partial charge in [-0.3, -0.25) is 40.5 Å². The third-order valence-corrected chi connectivity index (χ3v) is 12.8. The Morgan fingerprint density at radius 2 is 0.608 bits per heavy atom. The molecule has 0 saturated carbocycles. The topological polar surface area (TPSA) is 246 Å². The summed E-state index contributed by atoms with van der Waals surface area (Å²) in [5.74, 6) is 0.984. The average molecular weight is 1030 g/mol. The van der Waals surface area contributed by atoms with Crippen molar-refractivity contribution in [2.45, 2.75) is 117 Å². The maximum absolute atomic E-state index is 12.9. The van der Waals surface area contributed by atoms with Crippen molar-refractivity contribution in [3.05, 3.63) is 133 Å². The molecule has 4 aromatic rings. The fraction of sp³-hybridized carbons (Fsp3) is 0.556. The molecule has 20 heteroatoms. The van der Waals surface area contributed by atoms with E-state index in [2.05, 4.69) is 13.8 Å². The van der Waals surface area contributed by atoms with Gasteiger partial charge in [0.25, 0.3) is 22.7 Å². The number of non-ortho nitro benzene ring substituents is 4. The predicted octanol–water partition coefficient (Wildman–Crippen LogP) is 11.3. The Kier molecular flexibility index (Phi) is 23.1. The summed E-state index contributed by atoms with van der Waals surface area (Å²) in [6, 6.07) is 10.9. The summed E-state index contributed by atoms with van der Waals surface area (Å²) in [6.45, 7) is 6.47. The molecule has 4 aromatic carbocycles. The van der Waals surface area contributed by atoms with Gasteiger partial charge in [-0.2, -0.15) is 0 Å². The molecule has 0 saturated heterocycles. The Morgan fingerprint density at radius 3 is 0.878 bits per heavy atom. The summed E-state index contributed by atoms with van der Waals surface area (Å²) < 4.78 is 49.5. The highest BCUT2D eigenvalue weighted by Crippen LogP contribution is 2.43. The summed E-state index contributed by atoms with van der Waals surface area (Å²) in [5, 5.41) is 51.5. The van der Waals surface area contributed by atoms with Gasteiger partial charge in [-0.25, -0.2) is 0 Å². The van der Waals surface area contributed by atoms with Crippen molar-refractivity contribution in [1.82, 2.24) is 0 Å². The van der Waals surface area contributed by atoms with E-state index in [9.17, 15) is 40.5 Å². The first-order valence-corrected chi connectivity index (χ1v) is 26.0. The molecule has 10 bridgehead atoms. The first-order valence-electron chi connectivity index (χ1n) is 26.0. The van der Waals surface area contributed by atoms with E-state index in [1.165, 1.54) is 48.5 Å². The summed E-state index contributed by atoms with van der Waals surface area (Å²) in [5.41, 5.74) is 1.17. The SMILES string of the molecule is CCCCCCCCOc1c2cc([N+](=O)[O-])cc1Cc1cc([N+](=O)[O-])cc3c1OCCOCCOCCOCCOCCOc1c(cc([N+](=O)[O-])cc1Cc1cc([N+](=O)[O-])cc(c1OCCCCCCCC)C3)C2. The molecule has 1 aliphatic heterocycles. The number of rotatable bonds is 20. The van der Waals surface area contributed by atoms with Crippen LogP contribution in [0.5, 0.6) is 23.0 Å². The Labute approximate surface area is 431 Å². The Bertz CT molecular complexity index is 2250. The highest BCUT2D eigenvalue weighted by Gasteiger charge is 2.29. The molecule has 0 spiro atoms. The molecule has 0 N–H and O–H groups in total. The Hall–Kier alpha value is -6.48. The second kappa shape index (κ2) is 30.0. The minimum atomic E-state index is -0.542. The van der Waals surface area contributed by atoms with Crippen LogP contribution in [0.2, 0.25) is 0 Å². The van der Waals surface area contributed by atoms with Crippen LogP contribution in [0.4, 0.5) is 22.7 Å². The van der Waals surface area contributed by atoms with Gasteiger partial charge < -0.3 is 37.9 Å². The third kappa shape index (κ3) is 17.0. The van der Waals surface area contributed by atoms with E-state index in [-0.39, 0.29) is 160 Å². The maximum Gasteiger partial charge on any atom is 0.270 e. The van der Waals surface area contributed by atoms with E-state index in [4.69, 9.17) is 37.9 Å². The summed E-state index contributed by atoms with van der Waals surface area (Å²) in [6.07, 6.45) is 10.8. The molecule has 1 aliphatic carbocycles. The highest BCUT2D eigenvalue weighted by atomic mass is 16.6. The number of unbranched alkanes of at least 4 members (excludes halogenated alkanes) is 10. The van der Waals surface area contributed by atoms with Gasteiger partial charge in [0.05, 0.1) is 85.8 Å². The van der Waals surface area contributed by atoms with Crippen LogP contribution in [-0.4, -0.2) is 99.0 Å². The van der Waals surface area contributed by atoms with Crippen LogP contribution < -0.4 is 18.9 Å². The quantitative estimate of drug-likeness (QED) is 0.0399. The molecule has 74 heavy (non-hydrogen) atoms. The molecule has 0 aromatic heterocycles. The van der Waals surface area contributed by atoms with Crippen molar-refractivity contribution >= 4 is 22.7 Å². The lowest BCUT2D eigenvalue weighted by molar-refractivity contribution is -0.385. The van der Waals surface area contributed by atoms with Gasteiger partial charge in [-0.15, -0.1) is 0 Å². The molecule has 1 heterocycles. The molecular weight excluding hydrogens is 961 g/mol. The molecular formula is C54H70N4O16. The van der Waals surface area contributed by atoms with Crippen molar-refractivity contribution < 1.29 is 57.6 Å². The zero-order valence-electron chi connectivity index (χ0n) is 42.7. The fourth-order valence-corrected chi connectivity index (χ4v) is 9.26. The van der Waals surface area contributed by atoms with Crippen LogP contribution in [0.25, 0.3) is 0 Å². The lowest BCUT2D eigenvalue weighted by Gasteiger charge is -2.23. The molecule has 0 unspecified atom stereocenters. The van der Waals surface area contributed by atoms with Gasteiger partial charge in [0.1, 0.15) is 36.2 Å². The molecule has 0 amide bonds. The molecule has 20 nitrogen and oxygen atoms in total. The maximum atomic E-state index is 12.9. The van der Waals surface area contributed by atoms with Crippen molar-refractivity contribution in [1.29, 1.82) is 0 Å². The van der Waals surface area contributed by atoms with Gasteiger partial charge in [-0.05, 0) is 12.8 Å².